The molecule has 0 saturated carbocycles. The molecule has 0 bridgehead atoms. The van der Waals surface area contributed by atoms with Crippen molar-refractivity contribution in [1.82, 2.24) is 0 Å². The third kappa shape index (κ3) is 19.3. The minimum Gasteiger partial charge on any atom is -0.485 e. The van der Waals surface area contributed by atoms with E-state index in [2.05, 4.69) is 19.1 Å². The van der Waals surface area contributed by atoms with Crippen molar-refractivity contribution in [3.63, 3.8) is 0 Å². The maximum absolute atomic E-state index is 10.4. The Balaban J connectivity index is 3.15. The number of rotatable bonds is 20. The lowest BCUT2D eigenvalue weighted by molar-refractivity contribution is 0.205. The van der Waals surface area contributed by atoms with Gasteiger partial charge in [0.25, 0.3) is 0 Å². The van der Waals surface area contributed by atoms with Crippen LogP contribution in [0.1, 0.15) is 110 Å². The molecule has 0 aliphatic heterocycles. The zero-order valence-electron chi connectivity index (χ0n) is 17.3. The number of hydrogen-bond donors (Lipinski definition) is 1. The van der Waals surface area contributed by atoms with Gasteiger partial charge in [0.15, 0.2) is 11.7 Å². The minimum atomic E-state index is 0.151. The summed E-state index contributed by atoms with van der Waals surface area (Å²) in [6.45, 7) is 3.01. The van der Waals surface area contributed by atoms with E-state index in [1.165, 1.54) is 89.9 Å². The second kappa shape index (κ2) is 22.0. The zero-order chi connectivity index (χ0) is 19.1. The van der Waals surface area contributed by atoms with E-state index in [1.54, 1.807) is 5.94 Å². The van der Waals surface area contributed by atoms with E-state index in [0.29, 0.717) is 6.61 Å². The Morgan fingerprint density at radius 1 is 0.769 bits per heavy atom. The molecule has 0 aromatic rings. The Hall–Kier alpha value is -1.05. The molecule has 26 heavy (non-hydrogen) atoms. The molecule has 0 amide bonds. The molecule has 0 aliphatic rings. The molecule has 0 radical (unpaired) electrons. The van der Waals surface area contributed by atoms with Crippen LogP contribution < -0.4 is 5.73 Å². The monoisotopic (exact) mass is 365 g/mol. The minimum absolute atomic E-state index is 0.151. The molecule has 0 saturated heterocycles. The Morgan fingerprint density at radius 2 is 1.23 bits per heavy atom. The van der Waals surface area contributed by atoms with E-state index in [4.69, 9.17) is 10.5 Å². The maximum Gasteiger partial charge on any atom is 0.193 e. The molecule has 2 N–H and O–H groups in total. The van der Waals surface area contributed by atoms with Gasteiger partial charge in [0, 0.05) is 0 Å². The van der Waals surface area contributed by atoms with Gasteiger partial charge < -0.3 is 10.5 Å². The molecule has 0 aromatic carbocycles. The summed E-state index contributed by atoms with van der Waals surface area (Å²) >= 11 is 0. The predicted octanol–water partition coefficient (Wildman–Crippen LogP) is 6.49. The fraction of sp³-hybridized carbons (Fsp3) is 0.826. The molecular weight excluding hydrogens is 322 g/mol. The van der Waals surface area contributed by atoms with Crippen molar-refractivity contribution >= 4 is 5.94 Å². The van der Waals surface area contributed by atoms with E-state index in [1.807, 2.05) is 0 Å². The van der Waals surface area contributed by atoms with E-state index in [0.717, 1.165) is 12.8 Å². The summed E-state index contributed by atoms with van der Waals surface area (Å²) in [6.07, 6.45) is 25.7. The van der Waals surface area contributed by atoms with Crippen molar-refractivity contribution in [2.24, 2.45) is 5.73 Å². The van der Waals surface area contributed by atoms with E-state index >= 15 is 0 Å². The Bertz CT molecular complexity index is 359. The highest BCUT2D eigenvalue weighted by Gasteiger charge is 1.96. The molecule has 0 aromatic heterocycles. The number of carbonyl (C=O) groups excluding carboxylic acids is 1. The van der Waals surface area contributed by atoms with E-state index < -0.39 is 0 Å². The number of hydrogen-bond acceptors (Lipinski definition) is 3. The van der Waals surface area contributed by atoms with Crippen LogP contribution in [0.2, 0.25) is 0 Å². The van der Waals surface area contributed by atoms with Crippen LogP contribution in [0.15, 0.2) is 17.9 Å². The summed E-state index contributed by atoms with van der Waals surface area (Å²) < 4.78 is 5.23. The Labute approximate surface area is 162 Å². The van der Waals surface area contributed by atoms with Gasteiger partial charge in [-0.1, -0.05) is 89.7 Å². The summed E-state index contributed by atoms with van der Waals surface area (Å²) in [5, 5.41) is 0. The lowest BCUT2D eigenvalue weighted by Crippen LogP contribution is -2.08. The number of allylic oxidation sites excluding steroid dienone is 2. The summed E-state index contributed by atoms with van der Waals surface area (Å²) in [5.74, 6) is 1.97. The molecule has 0 unspecified atom stereocenters. The van der Waals surface area contributed by atoms with Gasteiger partial charge in [-0.25, -0.2) is 4.79 Å². The first-order valence-electron chi connectivity index (χ1n) is 11.1. The fourth-order valence-corrected chi connectivity index (χ4v) is 3.03. The van der Waals surface area contributed by atoms with Crippen LogP contribution in [0.25, 0.3) is 0 Å². The van der Waals surface area contributed by atoms with E-state index in [9.17, 15) is 4.79 Å². The Kier molecular flexibility index (Phi) is 21.1. The molecule has 152 valence electrons. The molecule has 3 heteroatoms. The largest absolute Gasteiger partial charge is 0.485 e. The fourth-order valence-electron chi connectivity index (χ4n) is 3.03. The molecule has 0 atom stereocenters. The summed E-state index contributed by atoms with van der Waals surface area (Å²) in [6, 6.07) is 0. The molecule has 0 fully saturated rings. The third-order valence-corrected chi connectivity index (χ3v) is 4.73. The van der Waals surface area contributed by atoms with Crippen molar-refractivity contribution < 1.29 is 9.53 Å². The number of ether oxygens (including phenoxy) is 1. The molecule has 0 heterocycles. The summed E-state index contributed by atoms with van der Waals surface area (Å²) in [7, 11) is 0. The average molecular weight is 366 g/mol. The maximum atomic E-state index is 10.4. The first-order valence-corrected chi connectivity index (χ1v) is 11.1. The molecule has 0 rings (SSSR count). The average Bonchev–Trinajstić information content (AvgIpc) is 2.66. The predicted molar refractivity (Wildman–Crippen MR) is 113 cm³/mol. The van der Waals surface area contributed by atoms with Crippen molar-refractivity contribution in [3.8, 4) is 0 Å². The van der Waals surface area contributed by atoms with Crippen molar-refractivity contribution in [1.29, 1.82) is 0 Å². The van der Waals surface area contributed by atoms with E-state index in [-0.39, 0.29) is 12.3 Å². The zero-order valence-corrected chi connectivity index (χ0v) is 17.3. The SMILES string of the molecule is CCCCCCCC/C=C\CCCCCCCCCCOC(=C=O)CN. The van der Waals surface area contributed by atoms with Gasteiger partial charge in [0.1, 0.15) is 0 Å². The van der Waals surface area contributed by atoms with Crippen LogP contribution in [0.4, 0.5) is 0 Å². The third-order valence-electron chi connectivity index (χ3n) is 4.73. The quantitative estimate of drug-likeness (QED) is 0.116. The van der Waals surface area contributed by atoms with Crippen LogP contribution in [-0.4, -0.2) is 19.1 Å². The van der Waals surface area contributed by atoms with Gasteiger partial charge in [0.2, 0.25) is 0 Å². The normalized spacial score (nSPS) is 11.0. The van der Waals surface area contributed by atoms with Gasteiger partial charge in [-0.15, -0.1) is 0 Å². The van der Waals surface area contributed by atoms with Crippen LogP contribution in [0.3, 0.4) is 0 Å². The summed E-state index contributed by atoms with van der Waals surface area (Å²) in [4.78, 5) is 10.4. The lowest BCUT2D eigenvalue weighted by Gasteiger charge is -2.05. The standard InChI is InChI=1S/C23H43NO2/c1-2-3-4-5-6-7-8-9-10-11-12-13-14-15-16-17-18-19-20-26-23(21-24)22-25/h9-10H,2-8,11-21,24H2,1H3/b10-9-. The lowest BCUT2D eigenvalue weighted by atomic mass is 10.1. The molecular formula is C23H43NO2. The van der Waals surface area contributed by atoms with Crippen LogP contribution in [-0.2, 0) is 9.53 Å². The van der Waals surface area contributed by atoms with Crippen molar-refractivity contribution in [2.45, 2.75) is 110 Å². The second-order valence-electron chi connectivity index (χ2n) is 7.22. The van der Waals surface area contributed by atoms with Gasteiger partial charge >= 0.3 is 0 Å². The van der Waals surface area contributed by atoms with Crippen LogP contribution >= 0.6 is 0 Å². The highest BCUT2D eigenvalue weighted by atomic mass is 16.5. The molecule has 0 aliphatic carbocycles. The van der Waals surface area contributed by atoms with Crippen LogP contribution in [0.5, 0.6) is 0 Å². The van der Waals surface area contributed by atoms with Crippen molar-refractivity contribution in [2.75, 3.05) is 13.2 Å². The Morgan fingerprint density at radius 3 is 1.69 bits per heavy atom. The second-order valence-corrected chi connectivity index (χ2v) is 7.22. The van der Waals surface area contributed by atoms with Gasteiger partial charge in [-0.2, -0.15) is 0 Å². The van der Waals surface area contributed by atoms with Crippen molar-refractivity contribution in [3.05, 3.63) is 17.9 Å². The van der Waals surface area contributed by atoms with Crippen LogP contribution in [0, 0.1) is 0 Å². The van der Waals surface area contributed by atoms with Gasteiger partial charge in [0.05, 0.1) is 13.2 Å². The molecule has 3 nitrogen and oxygen atoms in total. The molecule has 0 spiro atoms. The first-order chi connectivity index (χ1) is 12.8. The van der Waals surface area contributed by atoms with Gasteiger partial charge in [-0.3, -0.25) is 0 Å². The number of unbranched alkanes of at least 4 members (excludes halogenated alkanes) is 14. The smallest absolute Gasteiger partial charge is 0.193 e. The highest BCUT2D eigenvalue weighted by Crippen LogP contribution is 2.11. The number of nitrogens with two attached hydrogens (primary N) is 1. The highest BCUT2D eigenvalue weighted by molar-refractivity contribution is 5.49. The topological polar surface area (TPSA) is 52.3 Å². The first kappa shape index (κ1) is 24.9. The van der Waals surface area contributed by atoms with Gasteiger partial charge in [-0.05, 0) is 32.1 Å². The summed E-state index contributed by atoms with van der Waals surface area (Å²) in [5.41, 5.74) is 5.34.